The Kier molecular flexibility index (Phi) is 6.17. The molecule has 1 atom stereocenters. The topological polar surface area (TPSA) is 49.9 Å². The lowest BCUT2D eigenvalue weighted by Crippen LogP contribution is -3.15. The van der Waals surface area contributed by atoms with Crippen molar-refractivity contribution >= 4 is 23.2 Å². The first kappa shape index (κ1) is 19.6. The van der Waals surface area contributed by atoms with Gasteiger partial charge in [-0.05, 0) is 48.5 Å². The molecule has 0 radical (unpaired) electrons. The molecule has 1 fully saturated rings. The number of piperazine rings is 1. The van der Waals surface area contributed by atoms with Gasteiger partial charge in [-0.2, -0.15) is 0 Å². The molecule has 1 aliphatic rings. The number of benzene rings is 2. The first-order chi connectivity index (χ1) is 14.2. The minimum atomic E-state index is -0.0967. The molecule has 4 rings (SSSR count). The fourth-order valence-electron chi connectivity index (χ4n) is 3.87. The van der Waals surface area contributed by atoms with E-state index < -0.39 is 0 Å². The first-order valence-electron chi connectivity index (χ1n) is 9.92. The predicted molar refractivity (Wildman–Crippen MR) is 115 cm³/mol. The van der Waals surface area contributed by atoms with E-state index in [-0.39, 0.29) is 11.9 Å². The SMILES string of the molecule is O=C(NC[C@@H](c1ccco1)[NH+]1CCN(c2ccccc2)CC1)c1ccc(Cl)cc1. The molecule has 1 aliphatic heterocycles. The number of carbonyl (C=O) groups is 1. The summed E-state index contributed by atoms with van der Waals surface area (Å²) < 4.78 is 5.71. The summed E-state index contributed by atoms with van der Waals surface area (Å²) in [6, 6.07) is 21.4. The van der Waals surface area contributed by atoms with E-state index >= 15 is 0 Å². The van der Waals surface area contributed by atoms with Crippen molar-refractivity contribution in [2.45, 2.75) is 6.04 Å². The second-order valence-electron chi connectivity index (χ2n) is 7.27. The van der Waals surface area contributed by atoms with Crippen LogP contribution in [0.25, 0.3) is 0 Å². The number of hydrogen-bond donors (Lipinski definition) is 2. The van der Waals surface area contributed by atoms with Gasteiger partial charge in [-0.25, -0.2) is 0 Å². The normalized spacial score (nSPS) is 15.8. The highest BCUT2D eigenvalue weighted by atomic mass is 35.5. The number of furan rings is 1. The number of amides is 1. The van der Waals surface area contributed by atoms with E-state index in [1.807, 2.05) is 18.2 Å². The minimum absolute atomic E-state index is 0.0826. The third kappa shape index (κ3) is 4.81. The van der Waals surface area contributed by atoms with Gasteiger partial charge >= 0.3 is 0 Å². The molecule has 0 aliphatic carbocycles. The fraction of sp³-hybridized carbons (Fsp3) is 0.261. The average molecular weight is 411 g/mol. The van der Waals surface area contributed by atoms with E-state index in [1.165, 1.54) is 10.6 Å². The number of anilines is 1. The Bertz CT molecular complexity index is 905. The van der Waals surface area contributed by atoms with Crippen LogP contribution in [0.4, 0.5) is 5.69 Å². The third-order valence-electron chi connectivity index (χ3n) is 5.48. The van der Waals surface area contributed by atoms with Crippen LogP contribution in [0.15, 0.2) is 77.4 Å². The van der Waals surface area contributed by atoms with Crippen LogP contribution >= 0.6 is 11.6 Å². The molecule has 0 saturated carbocycles. The standard InChI is InChI=1S/C23H24ClN3O2/c24-19-10-8-18(9-11-19)23(28)25-17-21(22-7-4-16-29-22)27-14-12-26(13-15-27)20-5-2-1-3-6-20/h1-11,16,21H,12-15,17H2,(H,25,28)/p+1/t21-/m0/s1. The second kappa shape index (κ2) is 9.16. The van der Waals surface area contributed by atoms with Crippen molar-refractivity contribution < 1.29 is 14.1 Å². The molecule has 1 amide bonds. The molecule has 29 heavy (non-hydrogen) atoms. The zero-order chi connectivity index (χ0) is 20.1. The largest absolute Gasteiger partial charge is 0.463 e. The van der Waals surface area contributed by atoms with Crippen molar-refractivity contribution in [3.05, 3.63) is 89.3 Å². The lowest BCUT2D eigenvalue weighted by Gasteiger charge is -2.37. The summed E-state index contributed by atoms with van der Waals surface area (Å²) >= 11 is 5.92. The predicted octanol–water partition coefficient (Wildman–Crippen LogP) is 2.81. The monoisotopic (exact) mass is 410 g/mol. The van der Waals surface area contributed by atoms with Crippen molar-refractivity contribution in [1.29, 1.82) is 0 Å². The van der Waals surface area contributed by atoms with Gasteiger partial charge in [0.2, 0.25) is 0 Å². The number of halogens is 1. The highest BCUT2D eigenvalue weighted by Gasteiger charge is 2.31. The number of hydrogen-bond acceptors (Lipinski definition) is 3. The van der Waals surface area contributed by atoms with Gasteiger partial charge in [-0.3, -0.25) is 4.79 Å². The molecule has 150 valence electrons. The van der Waals surface area contributed by atoms with Gasteiger partial charge < -0.3 is 19.5 Å². The first-order valence-corrected chi connectivity index (χ1v) is 10.3. The summed E-state index contributed by atoms with van der Waals surface area (Å²) in [5, 5.41) is 3.69. The van der Waals surface area contributed by atoms with Gasteiger partial charge in [0.15, 0.2) is 11.8 Å². The fourth-order valence-corrected chi connectivity index (χ4v) is 4.00. The highest BCUT2D eigenvalue weighted by molar-refractivity contribution is 6.30. The Balaban J connectivity index is 1.40. The summed E-state index contributed by atoms with van der Waals surface area (Å²) in [6.45, 7) is 4.44. The summed E-state index contributed by atoms with van der Waals surface area (Å²) in [5.74, 6) is 0.810. The van der Waals surface area contributed by atoms with Crippen LogP contribution in [0.3, 0.4) is 0 Å². The minimum Gasteiger partial charge on any atom is -0.463 e. The molecule has 1 saturated heterocycles. The Labute approximate surface area is 175 Å². The molecule has 0 bridgehead atoms. The number of para-hydroxylation sites is 1. The molecular formula is C23H25ClN3O2+. The molecule has 0 spiro atoms. The summed E-state index contributed by atoms with van der Waals surface area (Å²) in [4.78, 5) is 16.4. The Morgan fingerprint density at radius 2 is 1.76 bits per heavy atom. The molecule has 6 heteroatoms. The maximum Gasteiger partial charge on any atom is 0.251 e. The van der Waals surface area contributed by atoms with E-state index in [1.54, 1.807) is 30.5 Å². The van der Waals surface area contributed by atoms with E-state index in [0.717, 1.165) is 31.9 Å². The number of carbonyl (C=O) groups excluding carboxylic acids is 1. The van der Waals surface area contributed by atoms with Gasteiger partial charge in [-0.15, -0.1) is 0 Å². The summed E-state index contributed by atoms with van der Waals surface area (Å²) in [7, 11) is 0. The van der Waals surface area contributed by atoms with Crippen LogP contribution in [-0.4, -0.2) is 38.6 Å². The van der Waals surface area contributed by atoms with Crippen molar-refractivity contribution in [2.24, 2.45) is 0 Å². The summed E-state index contributed by atoms with van der Waals surface area (Å²) in [5.41, 5.74) is 1.87. The molecule has 5 nitrogen and oxygen atoms in total. The Morgan fingerprint density at radius 1 is 1.03 bits per heavy atom. The summed E-state index contributed by atoms with van der Waals surface area (Å²) in [6.07, 6.45) is 1.70. The maximum absolute atomic E-state index is 12.5. The quantitative estimate of drug-likeness (QED) is 0.657. The second-order valence-corrected chi connectivity index (χ2v) is 7.70. The molecule has 2 heterocycles. The zero-order valence-electron chi connectivity index (χ0n) is 16.2. The lowest BCUT2D eigenvalue weighted by molar-refractivity contribution is -0.932. The van der Waals surface area contributed by atoms with E-state index in [2.05, 4.69) is 34.5 Å². The average Bonchev–Trinajstić information content (AvgIpc) is 3.30. The molecule has 1 aromatic heterocycles. The Hall–Kier alpha value is -2.76. The van der Waals surface area contributed by atoms with Crippen molar-refractivity contribution in [1.82, 2.24) is 5.32 Å². The molecule has 0 unspecified atom stereocenters. The molecular weight excluding hydrogens is 386 g/mol. The van der Waals surface area contributed by atoms with Gasteiger partial charge in [0, 0.05) is 16.3 Å². The van der Waals surface area contributed by atoms with Crippen molar-refractivity contribution in [3.63, 3.8) is 0 Å². The number of rotatable bonds is 6. The number of nitrogens with zero attached hydrogens (tertiary/aromatic N) is 1. The number of nitrogens with one attached hydrogen (secondary N) is 2. The van der Waals surface area contributed by atoms with Gasteiger partial charge in [-0.1, -0.05) is 29.8 Å². The third-order valence-corrected chi connectivity index (χ3v) is 5.73. The van der Waals surface area contributed by atoms with Crippen molar-refractivity contribution in [3.8, 4) is 0 Å². The van der Waals surface area contributed by atoms with Gasteiger partial charge in [0.25, 0.3) is 5.91 Å². The van der Waals surface area contributed by atoms with Gasteiger partial charge in [0.1, 0.15) is 0 Å². The van der Waals surface area contributed by atoms with E-state index in [9.17, 15) is 4.79 Å². The Morgan fingerprint density at radius 3 is 2.41 bits per heavy atom. The van der Waals surface area contributed by atoms with Crippen LogP contribution in [0.2, 0.25) is 5.02 Å². The van der Waals surface area contributed by atoms with Gasteiger partial charge in [0.05, 0.1) is 39.0 Å². The molecule has 2 N–H and O–H groups in total. The lowest BCUT2D eigenvalue weighted by atomic mass is 10.1. The highest BCUT2D eigenvalue weighted by Crippen LogP contribution is 2.15. The van der Waals surface area contributed by atoms with E-state index in [4.69, 9.17) is 16.0 Å². The van der Waals surface area contributed by atoms with Crippen LogP contribution in [0.5, 0.6) is 0 Å². The maximum atomic E-state index is 12.5. The van der Waals surface area contributed by atoms with Crippen LogP contribution < -0.4 is 15.1 Å². The van der Waals surface area contributed by atoms with Crippen LogP contribution in [-0.2, 0) is 0 Å². The van der Waals surface area contributed by atoms with Crippen LogP contribution in [0, 0.1) is 0 Å². The smallest absolute Gasteiger partial charge is 0.251 e. The number of quaternary nitrogens is 1. The molecule has 3 aromatic rings. The van der Waals surface area contributed by atoms with Crippen LogP contribution in [0.1, 0.15) is 22.2 Å². The zero-order valence-corrected chi connectivity index (χ0v) is 16.9. The van der Waals surface area contributed by atoms with E-state index in [0.29, 0.717) is 17.1 Å². The molecule has 2 aromatic carbocycles. The van der Waals surface area contributed by atoms with Crippen molar-refractivity contribution in [2.75, 3.05) is 37.6 Å².